The Balaban J connectivity index is 2.32. The number of guanidine groups is 1. The first-order valence-electron chi connectivity index (χ1n) is 6.87. The van der Waals surface area contributed by atoms with Gasteiger partial charge in [-0.15, -0.1) is 11.8 Å². The van der Waals surface area contributed by atoms with Gasteiger partial charge in [-0.1, -0.05) is 31.9 Å². The monoisotopic (exact) mass is 279 g/mol. The molecule has 0 aromatic heterocycles. The van der Waals surface area contributed by atoms with E-state index in [2.05, 4.69) is 53.1 Å². The predicted molar refractivity (Wildman–Crippen MR) is 85.9 cm³/mol. The summed E-state index contributed by atoms with van der Waals surface area (Å²) in [5.74, 6) is 0.880. The smallest absolute Gasteiger partial charge is 0.191 e. The molecule has 0 heterocycles. The standard InChI is InChI=1S/C15H25N3S/c1-4-5-6-11-17-15(16-2)18-12-13-7-9-14(19-3)10-8-13/h7-10H,4-6,11-12H2,1-3H3,(H2,16,17,18). The zero-order chi connectivity index (χ0) is 13.9. The highest BCUT2D eigenvalue weighted by Gasteiger charge is 1.98. The molecule has 0 fully saturated rings. The molecule has 19 heavy (non-hydrogen) atoms. The van der Waals surface area contributed by atoms with Gasteiger partial charge in [0.15, 0.2) is 5.96 Å². The maximum atomic E-state index is 4.22. The number of aliphatic imine (C=N–C) groups is 1. The zero-order valence-corrected chi connectivity index (χ0v) is 13.0. The van der Waals surface area contributed by atoms with E-state index >= 15 is 0 Å². The van der Waals surface area contributed by atoms with E-state index in [0.717, 1.165) is 19.0 Å². The van der Waals surface area contributed by atoms with Gasteiger partial charge < -0.3 is 10.6 Å². The molecule has 106 valence electrons. The van der Waals surface area contributed by atoms with E-state index < -0.39 is 0 Å². The van der Waals surface area contributed by atoms with Gasteiger partial charge >= 0.3 is 0 Å². The topological polar surface area (TPSA) is 36.4 Å². The van der Waals surface area contributed by atoms with Gasteiger partial charge in [0.25, 0.3) is 0 Å². The number of unbranched alkanes of at least 4 members (excludes halogenated alkanes) is 2. The van der Waals surface area contributed by atoms with Crippen LogP contribution in [0.3, 0.4) is 0 Å². The summed E-state index contributed by atoms with van der Waals surface area (Å²) in [6, 6.07) is 8.62. The quantitative estimate of drug-likeness (QED) is 0.348. The number of thioether (sulfide) groups is 1. The van der Waals surface area contributed by atoms with Crippen molar-refractivity contribution >= 4 is 17.7 Å². The molecular weight excluding hydrogens is 254 g/mol. The Bertz CT molecular complexity index is 373. The minimum absolute atomic E-state index is 0.808. The Labute approximate surface area is 121 Å². The molecule has 0 aliphatic carbocycles. The molecule has 2 N–H and O–H groups in total. The second-order valence-electron chi connectivity index (χ2n) is 4.41. The van der Waals surface area contributed by atoms with Crippen molar-refractivity contribution in [3.05, 3.63) is 29.8 Å². The van der Waals surface area contributed by atoms with Crippen molar-refractivity contribution in [3.63, 3.8) is 0 Å². The Morgan fingerprint density at radius 3 is 2.47 bits per heavy atom. The van der Waals surface area contributed by atoms with E-state index in [9.17, 15) is 0 Å². The van der Waals surface area contributed by atoms with Crippen LogP contribution >= 0.6 is 11.8 Å². The van der Waals surface area contributed by atoms with Crippen molar-refractivity contribution in [2.24, 2.45) is 4.99 Å². The highest BCUT2D eigenvalue weighted by Crippen LogP contribution is 2.14. The van der Waals surface area contributed by atoms with Crippen LogP contribution in [0.1, 0.15) is 31.7 Å². The summed E-state index contributed by atoms with van der Waals surface area (Å²) in [6.07, 6.45) is 5.80. The van der Waals surface area contributed by atoms with Gasteiger partial charge in [0.05, 0.1) is 0 Å². The summed E-state index contributed by atoms with van der Waals surface area (Å²) >= 11 is 1.77. The van der Waals surface area contributed by atoms with Gasteiger partial charge in [-0.3, -0.25) is 4.99 Å². The van der Waals surface area contributed by atoms with Gasteiger partial charge in [0.2, 0.25) is 0 Å². The van der Waals surface area contributed by atoms with E-state index in [-0.39, 0.29) is 0 Å². The zero-order valence-electron chi connectivity index (χ0n) is 12.2. The van der Waals surface area contributed by atoms with Gasteiger partial charge in [-0.05, 0) is 30.4 Å². The molecule has 4 heteroatoms. The minimum atomic E-state index is 0.808. The van der Waals surface area contributed by atoms with E-state index in [1.54, 1.807) is 11.8 Å². The molecule has 0 aliphatic rings. The van der Waals surface area contributed by atoms with Gasteiger partial charge in [0.1, 0.15) is 0 Å². The predicted octanol–water partition coefficient (Wildman–Crippen LogP) is 3.26. The summed E-state index contributed by atoms with van der Waals surface area (Å²) in [4.78, 5) is 5.52. The average molecular weight is 279 g/mol. The Hall–Kier alpha value is -1.16. The van der Waals surface area contributed by atoms with Crippen LogP contribution in [0.15, 0.2) is 34.2 Å². The fourth-order valence-corrected chi connectivity index (χ4v) is 2.14. The molecule has 0 spiro atoms. The summed E-state index contributed by atoms with van der Waals surface area (Å²) in [5.41, 5.74) is 1.27. The van der Waals surface area contributed by atoms with Crippen LogP contribution in [-0.2, 0) is 6.54 Å². The fraction of sp³-hybridized carbons (Fsp3) is 0.533. The van der Waals surface area contributed by atoms with Crippen molar-refractivity contribution in [1.82, 2.24) is 10.6 Å². The number of benzene rings is 1. The van der Waals surface area contributed by atoms with Crippen molar-refractivity contribution in [1.29, 1.82) is 0 Å². The van der Waals surface area contributed by atoms with Crippen LogP contribution in [0.4, 0.5) is 0 Å². The second kappa shape index (κ2) is 9.73. The van der Waals surface area contributed by atoms with Crippen LogP contribution in [0.25, 0.3) is 0 Å². The SMILES string of the molecule is CCCCCNC(=NC)NCc1ccc(SC)cc1. The van der Waals surface area contributed by atoms with Crippen molar-refractivity contribution in [2.45, 2.75) is 37.6 Å². The van der Waals surface area contributed by atoms with Crippen LogP contribution in [-0.4, -0.2) is 25.8 Å². The number of hydrogen-bond acceptors (Lipinski definition) is 2. The molecule has 0 bridgehead atoms. The molecule has 3 nitrogen and oxygen atoms in total. The summed E-state index contributed by atoms with van der Waals surface area (Å²) in [6.45, 7) is 4.01. The molecule has 0 aliphatic heterocycles. The third-order valence-electron chi connectivity index (χ3n) is 2.92. The lowest BCUT2D eigenvalue weighted by Crippen LogP contribution is -2.37. The summed E-state index contributed by atoms with van der Waals surface area (Å²) < 4.78 is 0. The lowest BCUT2D eigenvalue weighted by molar-refractivity contribution is 0.683. The van der Waals surface area contributed by atoms with Crippen LogP contribution in [0.2, 0.25) is 0 Å². The van der Waals surface area contributed by atoms with Crippen LogP contribution in [0, 0.1) is 0 Å². The lowest BCUT2D eigenvalue weighted by Gasteiger charge is -2.11. The van der Waals surface area contributed by atoms with E-state index in [1.807, 2.05) is 7.05 Å². The molecule has 0 amide bonds. The molecule has 1 aromatic rings. The molecule has 0 saturated carbocycles. The van der Waals surface area contributed by atoms with Gasteiger partial charge in [-0.25, -0.2) is 0 Å². The first-order chi connectivity index (χ1) is 9.30. The van der Waals surface area contributed by atoms with Crippen molar-refractivity contribution in [3.8, 4) is 0 Å². The van der Waals surface area contributed by atoms with E-state index in [4.69, 9.17) is 0 Å². The highest BCUT2D eigenvalue weighted by molar-refractivity contribution is 7.98. The Kier molecular flexibility index (Phi) is 8.14. The third-order valence-corrected chi connectivity index (χ3v) is 3.66. The number of rotatable bonds is 7. The second-order valence-corrected chi connectivity index (χ2v) is 5.29. The van der Waals surface area contributed by atoms with Gasteiger partial charge in [0, 0.05) is 25.0 Å². The first-order valence-corrected chi connectivity index (χ1v) is 8.10. The minimum Gasteiger partial charge on any atom is -0.356 e. The fourth-order valence-electron chi connectivity index (χ4n) is 1.73. The largest absolute Gasteiger partial charge is 0.356 e. The molecule has 0 atom stereocenters. The Morgan fingerprint density at radius 2 is 1.89 bits per heavy atom. The van der Waals surface area contributed by atoms with Crippen molar-refractivity contribution < 1.29 is 0 Å². The summed E-state index contributed by atoms with van der Waals surface area (Å²) in [7, 11) is 1.81. The van der Waals surface area contributed by atoms with E-state index in [1.165, 1.54) is 29.7 Å². The third kappa shape index (κ3) is 6.53. The average Bonchev–Trinajstić information content (AvgIpc) is 2.47. The normalized spacial score (nSPS) is 11.4. The van der Waals surface area contributed by atoms with Crippen LogP contribution in [0.5, 0.6) is 0 Å². The maximum Gasteiger partial charge on any atom is 0.191 e. The molecule has 0 unspecified atom stereocenters. The first kappa shape index (κ1) is 15.9. The number of nitrogens with one attached hydrogen (secondary N) is 2. The number of hydrogen-bond donors (Lipinski definition) is 2. The van der Waals surface area contributed by atoms with Crippen molar-refractivity contribution in [2.75, 3.05) is 19.8 Å². The molecule has 1 aromatic carbocycles. The van der Waals surface area contributed by atoms with E-state index in [0.29, 0.717) is 0 Å². The highest BCUT2D eigenvalue weighted by atomic mass is 32.2. The molecule has 1 rings (SSSR count). The van der Waals surface area contributed by atoms with Gasteiger partial charge in [-0.2, -0.15) is 0 Å². The molecule has 0 saturated heterocycles. The summed E-state index contributed by atoms with van der Waals surface area (Å²) in [5, 5.41) is 6.66. The van der Waals surface area contributed by atoms with Crippen LogP contribution < -0.4 is 10.6 Å². The maximum absolute atomic E-state index is 4.22. The lowest BCUT2D eigenvalue weighted by atomic mass is 10.2. The Morgan fingerprint density at radius 1 is 1.16 bits per heavy atom. The molecule has 0 radical (unpaired) electrons. The number of nitrogens with zero attached hydrogens (tertiary/aromatic N) is 1. The molecular formula is C15H25N3S.